The van der Waals surface area contributed by atoms with E-state index in [2.05, 4.69) is 15.5 Å². The highest BCUT2D eigenvalue weighted by Gasteiger charge is 2.33. The fourth-order valence-corrected chi connectivity index (χ4v) is 5.25. The van der Waals surface area contributed by atoms with Crippen LogP contribution in [0.4, 0.5) is 5.69 Å². The van der Waals surface area contributed by atoms with E-state index in [0.717, 1.165) is 35.0 Å². The average molecular weight is 436 g/mol. The number of carbonyl (C=O) groups excluding carboxylic acids is 1. The summed E-state index contributed by atoms with van der Waals surface area (Å²) in [5.74, 6) is 1.03. The fourth-order valence-electron chi connectivity index (χ4n) is 4.45. The molecule has 1 aliphatic carbocycles. The molecule has 160 valence electrons. The maximum absolute atomic E-state index is 13.5. The standard InChI is InChI=1S/C23H25N5O2S/c29-22(16-31-23-24-25-26-28(23)18-11-5-2-6-12-18)27-19-13-7-8-14-21(19)30-15-20(27)17-9-3-1-4-10-17/h1,3-4,7-10,13-14,18,20H,2,5-6,11-12,15-16H2/t20-/m0/s1. The zero-order chi connectivity index (χ0) is 21.0. The summed E-state index contributed by atoms with van der Waals surface area (Å²) >= 11 is 1.42. The van der Waals surface area contributed by atoms with E-state index in [1.54, 1.807) is 0 Å². The van der Waals surface area contributed by atoms with Crippen molar-refractivity contribution in [2.75, 3.05) is 17.3 Å². The van der Waals surface area contributed by atoms with Gasteiger partial charge in [-0.2, -0.15) is 0 Å². The molecule has 0 unspecified atom stereocenters. The molecule has 5 rings (SSSR count). The van der Waals surface area contributed by atoms with Gasteiger partial charge in [-0.05, 0) is 41.0 Å². The van der Waals surface area contributed by atoms with Gasteiger partial charge < -0.3 is 4.74 Å². The maximum Gasteiger partial charge on any atom is 0.238 e. The van der Waals surface area contributed by atoms with E-state index in [1.807, 2.05) is 64.2 Å². The highest BCUT2D eigenvalue weighted by Crippen LogP contribution is 2.40. The third kappa shape index (κ3) is 4.17. The average Bonchev–Trinajstić information content (AvgIpc) is 3.31. The van der Waals surface area contributed by atoms with Crippen molar-refractivity contribution in [3.8, 4) is 5.75 Å². The minimum absolute atomic E-state index is 0.0211. The van der Waals surface area contributed by atoms with Crippen LogP contribution in [0, 0.1) is 0 Å². The minimum Gasteiger partial charge on any atom is -0.489 e. The van der Waals surface area contributed by atoms with Crippen molar-refractivity contribution in [2.45, 2.75) is 49.3 Å². The Morgan fingerprint density at radius 1 is 1.03 bits per heavy atom. The lowest BCUT2D eigenvalue weighted by atomic mass is 9.96. The Hall–Kier alpha value is -2.87. The lowest BCUT2D eigenvalue weighted by molar-refractivity contribution is -0.117. The smallest absolute Gasteiger partial charge is 0.238 e. The van der Waals surface area contributed by atoms with E-state index < -0.39 is 0 Å². The number of ether oxygens (including phenoxy) is 1. The first kappa shape index (κ1) is 20.1. The van der Waals surface area contributed by atoms with Crippen molar-refractivity contribution in [3.63, 3.8) is 0 Å². The third-order valence-electron chi connectivity index (χ3n) is 5.99. The molecule has 2 heterocycles. The second-order valence-electron chi connectivity index (χ2n) is 7.96. The molecule has 7 nitrogen and oxygen atoms in total. The highest BCUT2D eigenvalue weighted by molar-refractivity contribution is 7.99. The molecule has 1 fully saturated rings. The molecule has 0 radical (unpaired) electrons. The molecule has 0 N–H and O–H groups in total. The summed E-state index contributed by atoms with van der Waals surface area (Å²) in [7, 11) is 0. The number of anilines is 1. The van der Waals surface area contributed by atoms with Crippen molar-refractivity contribution < 1.29 is 9.53 Å². The van der Waals surface area contributed by atoms with Crippen LogP contribution in [0.1, 0.15) is 49.8 Å². The monoisotopic (exact) mass is 435 g/mol. The fraction of sp³-hybridized carbons (Fsp3) is 0.391. The third-order valence-corrected chi connectivity index (χ3v) is 6.91. The van der Waals surface area contributed by atoms with Crippen molar-refractivity contribution in [1.82, 2.24) is 20.2 Å². The van der Waals surface area contributed by atoms with E-state index >= 15 is 0 Å². The number of benzene rings is 2. The van der Waals surface area contributed by atoms with E-state index in [9.17, 15) is 4.79 Å². The van der Waals surface area contributed by atoms with Crippen molar-refractivity contribution in [3.05, 3.63) is 60.2 Å². The van der Waals surface area contributed by atoms with Gasteiger partial charge in [-0.3, -0.25) is 9.69 Å². The molecule has 1 atom stereocenters. The van der Waals surface area contributed by atoms with Crippen molar-refractivity contribution in [1.29, 1.82) is 0 Å². The van der Waals surface area contributed by atoms with Crippen molar-refractivity contribution >= 4 is 23.4 Å². The topological polar surface area (TPSA) is 73.1 Å². The first-order valence-electron chi connectivity index (χ1n) is 10.8. The molecule has 3 aromatic rings. The summed E-state index contributed by atoms with van der Waals surface area (Å²) in [6.45, 7) is 0.428. The summed E-state index contributed by atoms with van der Waals surface area (Å²) in [4.78, 5) is 15.4. The molecule has 1 aromatic heterocycles. The van der Waals surface area contributed by atoms with Gasteiger partial charge >= 0.3 is 0 Å². The number of aromatic nitrogens is 4. The Morgan fingerprint density at radius 2 is 1.81 bits per heavy atom. The number of amides is 1. The Morgan fingerprint density at radius 3 is 2.65 bits per heavy atom. The van der Waals surface area contributed by atoms with Crippen LogP contribution in [0.3, 0.4) is 0 Å². The van der Waals surface area contributed by atoms with Crippen molar-refractivity contribution in [2.24, 2.45) is 0 Å². The minimum atomic E-state index is -0.168. The van der Waals surface area contributed by atoms with Crippen LogP contribution in [-0.4, -0.2) is 38.5 Å². The maximum atomic E-state index is 13.5. The first-order chi connectivity index (χ1) is 15.3. The summed E-state index contributed by atoms with van der Waals surface area (Å²) < 4.78 is 7.90. The van der Waals surface area contributed by atoms with Gasteiger partial charge in [0.25, 0.3) is 0 Å². The summed E-state index contributed by atoms with van der Waals surface area (Å²) in [5.41, 5.74) is 1.86. The molecule has 2 aliphatic rings. The number of nitrogens with zero attached hydrogens (tertiary/aromatic N) is 5. The van der Waals surface area contributed by atoms with Gasteiger partial charge in [0.2, 0.25) is 11.1 Å². The summed E-state index contributed by atoms with van der Waals surface area (Å²) in [6.07, 6.45) is 5.88. The Balaban J connectivity index is 1.37. The lowest BCUT2D eigenvalue weighted by Crippen LogP contribution is -2.42. The molecule has 31 heavy (non-hydrogen) atoms. The summed E-state index contributed by atoms with van der Waals surface area (Å²) in [5, 5.41) is 13.0. The second-order valence-corrected chi connectivity index (χ2v) is 8.90. The van der Waals surface area contributed by atoms with Crippen LogP contribution in [0.2, 0.25) is 0 Å². The van der Waals surface area contributed by atoms with E-state index in [-0.39, 0.29) is 17.7 Å². The zero-order valence-corrected chi connectivity index (χ0v) is 18.1. The SMILES string of the molecule is O=C(CSc1nnnn1C1CCCCC1)N1c2ccccc2OC[C@H]1c1ccccc1. The number of hydrogen-bond acceptors (Lipinski definition) is 6. The number of hydrogen-bond donors (Lipinski definition) is 0. The number of tetrazole rings is 1. The Kier molecular flexibility index (Phi) is 5.88. The van der Waals surface area contributed by atoms with Gasteiger partial charge in [-0.25, -0.2) is 4.68 Å². The molecule has 0 spiro atoms. The van der Waals surface area contributed by atoms with Crippen LogP contribution in [0.15, 0.2) is 59.8 Å². The van der Waals surface area contributed by atoms with Crippen LogP contribution in [0.25, 0.3) is 0 Å². The van der Waals surface area contributed by atoms with E-state index in [1.165, 1.54) is 31.0 Å². The molecule has 0 bridgehead atoms. The molecule has 0 saturated heterocycles. The molecule has 1 amide bonds. The number of carbonyl (C=O) groups is 1. The molecular weight excluding hydrogens is 410 g/mol. The van der Waals surface area contributed by atoms with Gasteiger partial charge in [-0.1, -0.05) is 73.5 Å². The largest absolute Gasteiger partial charge is 0.489 e. The second kappa shape index (κ2) is 9.09. The lowest BCUT2D eigenvalue weighted by Gasteiger charge is -2.37. The quantitative estimate of drug-likeness (QED) is 0.552. The number of rotatable bonds is 5. The predicted octanol–water partition coefficient (Wildman–Crippen LogP) is 4.44. The van der Waals surface area contributed by atoms with Gasteiger partial charge in [0.15, 0.2) is 0 Å². The molecule has 1 saturated carbocycles. The number of para-hydroxylation sites is 2. The van der Waals surface area contributed by atoms with Gasteiger partial charge in [-0.15, -0.1) is 5.10 Å². The first-order valence-corrected chi connectivity index (χ1v) is 11.8. The predicted molar refractivity (Wildman–Crippen MR) is 119 cm³/mol. The van der Waals surface area contributed by atoms with Gasteiger partial charge in [0.1, 0.15) is 12.4 Å². The van der Waals surface area contributed by atoms with Crippen LogP contribution >= 0.6 is 11.8 Å². The van der Waals surface area contributed by atoms with Gasteiger partial charge in [0, 0.05) is 0 Å². The number of thioether (sulfide) groups is 1. The molecule has 8 heteroatoms. The molecule has 1 aliphatic heterocycles. The number of fused-ring (bicyclic) bond motifs is 1. The molecular formula is C23H25N5O2S. The Bertz CT molecular complexity index is 1040. The van der Waals surface area contributed by atoms with Crippen LogP contribution < -0.4 is 9.64 Å². The normalized spacial score (nSPS) is 19.0. The van der Waals surface area contributed by atoms with Crippen LogP contribution in [0.5, 0.6) is 5.75 Å². The van der Waals surface area contributed by atoms with Gasteiger partial charge in [0.05, 0.1) is 23.5 Å². The molecule has 2 aromatic carbocycles. The highest BCUT2D eigenvalue weighted by atomic mass is 32.2. The van der Waals surface area contributed by atoms with E-state index in [4.69, 9.17) is 4.74 Å². The zero-order valence-electron chi connectivity index (χ0n) is 17.3. The summed E-state index contributed by atoms with van der Waals surface area (Å²) in [6, 6.07) is 17.9. The van der Waals surface area contributed by atoms with E-state index in [0.29, 0.717) is 12.6 Å². The van der Waals surface area contributed by atoms with Crippen LogP contribution in [-0.2, 0) is 4.79 Å². The Labute approximate surface area is 185 Å².